The summed E-state index contributed by atoms with van der Waals surface area (Å²) in [5, 5.41) is 11.7. The highest BCUT2D eigenvalue weighted by Gasteiger charge is 2.16. The number of hydrogen-bond donors (Lipinski definition) is 2. The Hall–Kier alpha value is -2.74. The van der Waals surface area contributed by atoms with Crippen molar-refractivity contribution in [3.05, 3.63) is 51.0 Å². The molecule has 0 saturated heterocycles. The van der Waals surface area contributed by atoms with E-state index in [-0.39, 0.29) is 11.1 Å². The molecule has 114 valence electrons. The minimum atomic E-state index is -1.47. The van der Waals surface area contributed by atoms with Gasteiger partial charge in [0.1, 0.15) is 4.88 Å². The number of aromatic carboxylic acids is 1. The van der Waals surface area contributed by atoms with Crippen molar-refractivity contribution in [3.63, 3.8) is 0 Å². The van der Waals surface area contributed by atoms with E-state index in [1.54, 1.807) is 13.8 Å². The number of hydrogen-bond acceptors (Lipinski definition) is 6. The smallest absolute Gasteiger partial charge is 0.281 e. The van der Waals surface area contributed by atoms with E-state index in [4.69, 9.17) is 0 Å². The Morgan fingerprint density at radius 3 is 2.18 bits per heavy atom. The van der Waals surface area contributed by atoms with Crippen LogP contribution in [0.2, 0.25) is 0 Å². The average Bonchev–Trinajstić information content (AvgIpc) is 2.83. The summed E-state index contributed by atoms with van der Waals surface area (Å²) in [6.07, 6.45) is 0. The summed E-state index contributed by atoms with van der Waals surface area (Å²) < 4.78 is 0. The molecule has 1 heterocycles. The molecule has 2 aromatic rings. The Balaban J connectivity index is 2.09. The van der Waals surface area contributed by atoms with Gasteiger partial charge in [0, 0.05) is 5.56 Å². The number of thiazole rings is 1. The number of amides is 2. The lowest BCUT2D eigenvalue weighted by Gasteiger charge is -2.11. The van der Waals surface area contributed by atoms with Gasteiger partial charge in [0.25, 0.3) is 11.8 Å². The highest BCUT2D eigenvalue weighted by Crippen LogP contribution is 2.16. The number of carboxylic acids is 1. The number of nitrogens with one attached hydrogen (secondary N) is 2. The minimum absolute atomic E-state index is 0.0972. The molecule has 0 aliphatic rings. The molecule has 0 fully saturated rings. The number of aromatic nitrogens is 1. The van der Waals surface area contributed by atoms with E-state index in [2.05, 4.69) is 15.8 Å². The first-order valence-corrected chi connectivity index (χ1v) is 7.07. The molecule has 0 saturated carbocycles. The van der Waals surface area contributed by atoms with Gasteiger partial charge >= 0.3 is 0 Å². The summed E-state index contributed by atoms with van der Waals surface area (Å²) in [6.45, 7) is 3.45. The predicted octanol–water partition coefficient (Wildman–Crippen LogP) is 0.198. The Bertz CT molecular complexity index is 754. The molecule has 2 amide bonds. The molecule has 1 aromatic carbocycles. The van der Waals surface area contributed by atoms with Gasteiger partial charge in [-0.15, -0.1) is 11.3 Å². The zero-order valence-corrected chi connectivity index (χ0v) is 12.6. The molecule has 0 aliphatic carbocycles. The zero-order chi connectivity index (χ0) is 16.3. The number of carbonyl (C=O) groups is 3. The van der Waals surface area contributed by atoms with Crippen molar-refractivity contribution in [1.82, 2.24) is 15.8 Å². The van der Waals surface area contributed by atoms with Gasteiger partial charge in [0.15, 0.2) is 0 Å². The number of aryl methyl sites for hydroxylation is 2. The third kappa shape index (κ3) is 3.29. The maximum atomic E-state index is 12.0. The molecule has 7 nitrogen and oxygen atoms in total. The van der Waals surface area contributed by atoms with Crippen LogP contribution in [0.15, 0.2) is 24.3 Å². The lowest BCUT2D eigenvalue weighted by Crippen LogP contribution is -2.42. The van der Waals surface area contributed by atoms with Crippen molar-refractivity contribution in [2.75, 3.05) is 0 Å². The summed E-state index contributed by atoms with van der Waals surface area (Å²) in [4.78, 5) is 39.4. The van der Waals surface area contributed by atoms with Gasteiger partial charge in [-0.2, -0.15) is 0 Å². The third-order valence-electron chi connectivity index (χ3n) is 2.79. The summed E-state index contributed by atoms with van der Waals surface area (Å²) >= 11 is 1.20. The largest absolute Gasteiger partial charge is 0.545 e. The van der Waals surface area contributed by atoms with Crippen molar-refractivity contribution in [3.8, 4) is 0 Å². The van der Waals surface area contributed by atoms with Crippen LogP contribution in [0.1, 0.15) is 41.1 Å². The second-order valence-corrected chi connectivity index (χ2v) is 5.59. The fraction of sp³-hybridized carbons (Fsp3) is 0.143. The Morgan fingerprint density at radius 2 is 1.64 bits per heavy atom. The van der Waals surface area contributed by atoms with Gasteiger partial charge in [-0.05, 0) is 19.9 Å². The van der Waals surface area contributed by atoms with Gasteiger partial charge in [-0.25, -0.2) is 4.98 Å². The van der Waals surface area contributed by atoms with E-state index in [9.17, 15) is 19.5 Å². The molecule has 0 aliphatic heterocycles. The van der Waals surface area contributed by atoms with Gasteiger partial charge in [0.2, 0.25) is 0 Å². The predicted molar refractivity (Wildman–Crippen MR) is 77.3 cm³/mol. The van der Waals surface area contributed by atoms with Gasteiger partial charge in [-0.1, -0.05) is 18.2 Å². The van der Waals surface area contributed by atoms with E-state index >= 15 is 0 Å². The summed E-state index contributed by atoms with van der Waals surface area (Å²) in [5.74, 6) is -2.72. The Kier molecular flexibility index (Phi) is 4.52. The Labute approximate surface area is 130 Å². The first-order valence-electron chi connectivity index (χ1n) is 6.25. The van der Waals surface area contributed by atoms with Crippen LogP contribution in [0.3, 0.4) is 0 Å². The second-order valence-electron chi connectivity index (χ2n) is 4.39. The van der Waals surface area contributed by atoms with Crippen molar-refractivity contribution >= 4 is 29.1 Å². The summed E-state index contributed by atoms with van der Waals surface area (Å²) in [6, 6.07) is 5.57. The minimum Gasteiger partial charge on any atom is -0.545 e. The summed E-state index contributed by atoms with van der Waals surface area (Å²) in [7, 11) is 0. The number of carboxylic acid groups (broad SMARTS) is 1. The Morgan fingerprint density at radius 1 is 1.05 bits per heavy atom. The number of nitrogens with zero attached hydrogens (tertiary/aromatic N) is 1. The lowest BCUT2D eigenvalue weighted by atomic mass is 10.1. The second kappa shape index (κ2) is 6.35. The molecule has 0 atom stereocenters. The van der Waals surface area contributed by atoms with Crippen LogP contribution >= 0.6 is 11.3 Å². The van der Waals surface area contributed by atoms with E-state index in [1.807, 2.05) is 0 Å². The first kappa shape index (κ1) is 15.6. The molecular weight excluding hydrogens is 306 g/mol. The molecule has 2 N–H and O–H groups in total. The molecule has 2 rings (SSSR count). The van der Waals surface area contributed by atoms with E-state index < -0.39 is 17.8 Å². The van der Waals surface area contributed by atoms with Crippen molar-refractivity contribution in [2.24, 2.45) is 0 Å². The van der Waals surface area contributed by atoms with Crippen LogP contribution in [0.5, 0.6) is 0 Å². The van der Waals surface area contributed by atoms with E-state index in [0.29, 0.717) is 10.6 Å². The van der Waals surface area contributed by atoms with Crippen molar-refractivity contribution in [1.29, 1.82) is 0 Å². The quantitative estimate of drug-likeness (QED) is 0.785. The van der Waals surface area contributed by atoms with Crippen LogP contribution in [0.25, 0.3) is 0 Å². The van der Waals surface area contributed by atoms with Crippen LogP contribution in [0, 0.1) is 13.8 Å². The first-order chi connectivity index (χ1) is 10.4. The van der Waals surface area contributed by atoms with Gasteiger partial charge < -0.3 is 9.90 Å². The van der Waals surface area contributed by atoms with Crippen LogP contribution in [-0.2, 0) is 0 Å². The van der Waals surface area contributed by atoms with Crippen molar-refractivity contribution in [2.45, 2.75) is 13.8 Å². The summed E-state index contributed by atoms with van der Waals surface area (Å²) in [5.41, 5.74) is 4.63. The van der Waals surface area contributed by atoms with Crippen LogP contribution in [0.4, 0.5) is 0 Å². The molecule has 1 aromatic heterocycles. The topological polar surface area (TPSA) is 111 Å². The van der Waals surface area contributed by atoms with Gasteiger partial charge in [0.05, 0.1) is 22.2 Å². The van der Waals surface area contributed by atoms with Crippen LogP contribution in [-0.4, -0.2) is 22.8 Å². The highest BCUT2D eigenvalue weighted by molar-refractivity contribution is 7.13. The van der Waals surface area contributed by atoms with E-state index in [0.717, 1.165) is 5.01 Å². The zero-order valence-electron chi connectivity index (χ0n) is 11.8. The molecule has 8 heteroatoms. The highest BCUT2D eigenvalue weighted by atomic mass is 32.1. The van der Waals surface area contributed by atoms with Crippen molar-refractivity contribution < 1.29 is 19.5 Å². The normalized spacial score (nSPS) is 10.1. The van der Waals surface area contributed by atoms with Gasteiger partial charge in [-0.3, -0.25) is 20.4 Å². The lowest BCUT2D eigenvalue weighted by molar-refractivity contribution is -0.255. The number of rotatable bonds is 3. The third-order valence-corrected chi connectivity index (χ3v) is 3.86. The van der Waals surface area contributed by atoms with E-state index in [1.165, 1.54) is 35.6 Å². The molecule has 0 bridgehead atoms. The number of hydrazine groups is 1. The molecule has 0 unspecified atom stereocenters. The molecule has 0 spiro atoms. The monoisotopic (exact) mass is 318 g/mol. The fourth-order valence-electron chi connectivity index (χ4n) is 1.84. The standard InChI is InChI=1S/C14H13N3O4S/c1-7-11(22-8(2)15-7)13(19)17-16-12(18)9-5-3-4-6-10(9)14(20)21/h3-6H,1-2H3,(H,16,18)(H,17,19)(H,20,21)/p-1. The maximum Gasteiger partial charge on any atom is 0.281 e. The number of carbonyl (C=O) groups excluding carboxylic acids is 3. The number of benzene rings is 1. The maximum absolute atomic E-state index is 12.0. The average molecular weight is 318 g/mol. The van der Waals surface area contributed by atoms with Crippen LogP contribution < -0.4 is 16.0 Å². The molecule has 22 heavy (non-hydrogen) atoms. The molecule has 0 radical (unpaired) electrons. The SMILES string of the molecule is Cc1nc(C)c(C(=O)NNC(=O)c2ccccc2C(=O)[O-])s1. The molecular formula is C14H12N3O4S-. The fourth-order valence-corrected chi connectivity index (χ4v) is 2.65.